The van der Waals surface area contributed by atoms with Crippen LogP contribution in [0.4, 0.5) is 17.1 Å². The maximum atomic E-state index is 6.25. The van der Waals surface area contributed by atoms with E-state index in [0.717, 1.165) is 39.0 Å². The van der Waals surface area contributed by atoms with Crippen LogP contribution in [0.5, 0.6) is 0 Å². The molecule has 178 valence electrons. The van der Waals surface area contributed by atoms with Crippen LogP contribution in [0.25, 0.3) is 28.0 Å². The summed E-state index contributed by atoms with van der Waals surface area (Å²) >= 11 is 0. The smallest absolute Gasteiger partial charge is 0.137 e. The first-order valence-electron chi connectivity index (χ1n) is 12.9. The van der Waals surface area contributed by atoms with E-state index in [1.54, 1.807) is 0 Å². The third kappa shape index (κ3) is 3.73. The van der Waals surface area contributed by atoms with E-state index in [9.17, 15) is 0 Å². The van der Waals surface area contributed by atoms with Crippen LogP contribution in [0.3, 0.4) is 0 Å². The summed E-state index contributed by atoms with van der Waals surface area (Å²) in [6.07, 6.45) is 4.60. The first kappa shape index (κ1) is 21.7. The van der Waals surface area contributed by atoms with Crippen LogP contribution in [-0.4, -0.2) is 0 Å². The molecule has 1 aliphatic carbocycles. The van der Waals surface area contributed by atoms with Gasteiger partial charge in [0.1, 0.15) is 11.2 Å². The largest absolute Gasteiger partial charge is 0.456 e. The van der Waals surface area contributed by atoms with E-state index < -0.39 is 0 Å². The Kier molecular flexibility index (Phi) is 5.18. The Morgan fingerprint density at radius 3 is 2.24 bits per heavy atom. The van der Waals surface area contributed by atoms with Crippen molar-refractivity contribution in [1.82, 2.24) is 0 Å². The topological polar surface area (TPSA) is 16.4 Å². The number of para-hydroxylation sites is 2. The molecule has 5 aromatic carbocycles. The molecule has 0 amide bonds. The molecule has 6 aromatic rings. The van der Waals surface area contributed by atoms with Gasteiger partial charge in [-0.1, -0.05) is 91.9 Å². The van der Waals surface area contributed by atoms with Gasteiger partial charge in [-0.2, -0.15) is 0 Å². The molecule has 0 saturated heterocycles. The number of allylic oxidation sites excluding steroid dienone is 1. The lowest BCUT2D eigenvalue weighted by molar-refractivity contribution is 0.618. The highest BCUT2D eigenvalue weighted by molar-refractivity contribution is 6.06. The van der Waals surface area contributed by atoms with Gasteiger partial charge in [-0.25, -0.2) is 0 Å². The molecule has 7 rings (SSSR count). The Bertz CT molecular complexity index is 1760. The van der Waals surface area contributed by atoms with E-state index in [1.807, 2.05) is 12.1 Å². The Morgan fingerprint density at radius 2 is 1.32 bits per heavy atom. The zero-order valence-electron chi connectivity index (χ0n) is 20.7. The third-order valence-corrected chi connectivity index (χ3v) is 7.56. The van der Waals surface area contributed by atoms with Gasteiger partial charge in [-0.15, -0.1) is 0 Å². The first-order valence-corrected chi connectivity index (χ1v) is 12.9. The number of nitrogens with zero attached hydrogens (tertiary/aromatic N) is 1. The molecule has 2 unspecified atom stereocenters. The van der Waals surface area contributed by atoms with Gasteiger partial charge < -0.3 is 9.32 Å². The van der Waals surface area contributed by atoms with E-state index in [0.29, 0.717) is 11.8 Å². The van der Waals surface area contributed by atoms with E-state index in [1.165, 1.54) is 16.7 Å². The van der Waals surface area contributed by atoms with Gasteiger partial charge in [0.25, 0.3) is 0 Å². The summed E-state index contributed by atoms with van der Waals surface area (Å²) in [6.45, 7) is 2.31. The maximum absolute atomic E-state index is 6.25. The van der Waals surface area contributed by atoms with Crippen LogP contribution < -0.4 is 4.90 Å². The maximum Gasteiger partial charge on any atom is 0.137 e. The zero-order valence-corrected chi connectivity index (χ0v) is 20.7. The van der Waals surface area contributed by atoms with Gasteiger partial charge in [-0.3, -0.25) is 0 Å². The summed E-state index contributed by atoms with van der Waals surface area (Å²) in [5.41, 5.74) is 9.18. The molecular formula is C35H27NO. The lowest BCUT2D eigenvalue weighted by Crippen LogP contribution is -2.15. The summed E-state index contributed by atoms with van der Waals surface area (Å²) < 4.78 is 6.25. The predicted octanol–water partition coefficient (Wildman–Crippen LogP) is 9.85. The molecule has 0 fully saturated rings. The second-order valence-electron chi connectivity index (χ2n) is 9.87. The SMILES string of the molecule is CC1C=Cc2ccccc2C1c1cccc(N(c2ccccc2)c2ccc3c(c2)oc2ccccc23)c1. The number of furan rings is 1. The summed E-state index contributed by atoms with van der Waals surface area (Å²) in [4.78, 5) is 2.32. The van der Waals surface area contributed by atoms with Gasteiger partial charge in [0, 0.05) is 39.8 Å². The van der Waals surface area contributed by atoms with E-state index in [2.05, 4.69) is 133 Å². The molecule has 0 spiro atoms. The molecule has 0 radical (unpaired) electrons. The van der Waals surface area contributed by atoms with E-state index in [-0.39, 0.29) is 0 Å². The highest BCUT2D eigenvalue weighted by Gasteiger charge is 2.25. The lowest BCUT2D eigenvalue weighted by atomic mass is 9.76. The van der Waals surface area contributed by atoms with Crippen molar-refractivity contribution in [2.75, 3.05) is 4.90 Å². The molecule has 0 aliphatic heterocycles. The standard InChI is InChI=1S/C35H27NO/c1-24-18-19-25-10-5-6-15-30(25)35(24)26-11-9-14-28(22-26)36(27-12-3-2-4-13-27)29-20-21-32-31-16-7-8-17-33(31)37-34(32)23-29/h2-24,35H,1H3. The number of anilines is 3. The third-order valence-electron chi connectivity index (χ3n) is 7.56. The van der Waals surface area contributed by atoms with Crippen molar-refractivity contribution in [3.8, 4) is 0 Å². The van der Waals surface area contributed by atoms with Crippen molar-refractivity contribution >= 4 is 45.1 Å². The van der Waals surface area contributed by atoms with Crippen LogP contribution in [0, 0.1) is 5.92 Å². The average molecular weight is 478 g/mol. The van der Waals surface area contributed by atoms with Crippen molar-refractivity contribution in [3.05, 3.63) is 144 Å². The monoisotopic (exact) mass is 477 g/mol. The van der Waals surface area contributed by atoms with Crippen molar-refractivity contribution in [2.45, 2.75) is 12.8 Å². The Hall–Kier alpha value is -4.56. The van der Waals surface area contributed by atoms with Crippen LogP contribution in [0.1, 0.15) is 29.5 Å². The van der Waals surface area contributed by atoms with Crippen LogP contribution in [0.15, 0.2) is 132 Å². The van der Waals surface area contributed by atoms with Gasteiger partial charge in [-0.05, 0) is 65.1 Å². The van der Waals surface area contributed by atoms with Crippen LogP contribution in [-0.2, 0) is 0 Å². The highest BCUT2D eigenvalue weighted by atomic mass is 16.3. The van der Waals surface area contributed by atoms with Gasteiger partial charge in [0.05, 0.1) is 0 Å². The Labute approximate surface area is 217 Å². The highest BCUT2D eigenvalue weighted by Crippen LogP contribution is 2.42. The van der Waals surface area contributed by atoms with Crippen molar-refractivity contribution in [1.29, 1.82) is 0 Å². The fraction of sp³-hybridized carbons (Fsp3) is 0.0857. The molecular weight excluding hydrogens is 450 g/mol. The van der Waals surface area contributed by atoms with Crippen molar-refractivity contribution in [3.63, 3.8) is 0 Å². The second kappa shape index (κ2) is 8.83. The molecule has 0 bridgehead atoms. The molecule has 1 aliphatic rings. The Morgan fingerprint density at radius 1 is 0.595 bits per heavy atom. The van der Waals surface area contributed by atoms with Crippen molar-refractivity contribution in [2.24, 2.45) is 5.92 Å². The fourth-order valence-corrected chi connectivity index (χ4v) is 5.81. The van der Waals surface area contributed by atoms with Gasteiger partial charge in [0.2, 0.25) is 0 Å². The molecule has 1 heterocycles. The summed E-state index contributed by atoms with van der Waals surface area (Å²) in [7, 11) is 0. The van der Waals surface area contributed by atoms with Gasteiger partial charge in [0.15, 0.2) is 0 Å². The first-order chi connectivity index (χ1) is 18.3. The minimum Gasteiger partial charge on any atom is -0.456 e. The van der Waals surface area contributed by atoms with Crippen molar-refractivity contribution < 1.29 is 4.42 Å². The van der Waals surface area contributed by atoms with Crippen LogP contribution >= 0.6 is 0 Å². The number of hydrogen-bond donors (Lipinski definition) is 0. The molecule has 2 nitrogen and oxygen atoms in total. The zero-order chi connectivity index (χ0) is 24.8. The van der Waals surface area contributed by atoms with E-state index >= 15 is 0 Å². The fourth-order valence-electron chi connectivity index (χ4n) is 5.81. The summed E-state index contributed by atoms with van der Waals surface area (Å²) in [5, 5.41) is 2.29. The minimum atomic E-state index is 0.316. The molecule has 0 saturated carbocycles. The second-order valence-corrected chi connectivity index (χ2v) is 9.87. The van der Waals surface area contributed by atoms with Crippen LogP contribution in [0.2, 0.25) is 0 Å². The summed E-state index contributed by atoms with van der Waals surface area (Å²) in [6, 6.07) is 43.1. The molecule has 37 heavy (non-hydrogen) atoms. The number of rotatable bonds is 4. The normalized spacial score (nSPS) is 16.7. The molecule has 1 aromatic heterocycles. The molecule has 2 heteroatoms. The number of benzene rings is 5. The number of fused-ring (bicyclic) bond motifs is 4. The minimum absolute atomic E-state index is 0.316. The lowest BCUT2D eigenvalue weighted by Gasteiger charge is -2.30. The molecule has 2 atom stereocenters. The van der Waals surface area contributed by atoms with Gasteiger partial charge >= 0.3 is 0 Å². The number of hydrogen-bond acceptors (Lipinski definition) is 2. The molecule has 0 N–H and O–H groups in total. The average Bonchev–Trinajstić information content (AvgIpc) is 3.32. The predicted molar refractivity (Wildman–Crippen MR) is 155 cm³/mol. The Balaban J connectivity index is 1.38. The van der Waals surface area contributed by atoms with E-state index in [4.69, 9.17) is 4.42 Å². The summed E-state index contributed by atoms with van der Waals surface area (Å²) in [5.74, 6) is 0.735. The quantitative estimate of drug-likeness (QED) is 0.251.